The molecule has 0 aliphatic carbocycles. The number of benzene rings is 3. The lowest BCUT2D eigenvalue weighted by molar-refractivity contribution is 0.0953. The zero-order chi connectivity index (χ0) is 25.0. The van der Waals surface area contributed by atoms with Gasteiger partial charge in [0.25, 0.3) is 15.9 Å². The molecule has 0 aliphatic rings. The van der Waals surface area contributed by atoms with Crippen LogP contribution in [0, 0.1) is 6.92 Å². The van der Waals surface area contributed by atoms with Crippen LogP contribution in [0.2, 0.25) is 0 Å². The van der Waals surface area contributed by atoms with E-state index in [2.05, 4.69) is 15.0 Å². The first-order valence-electron chi connectivity index (χ1n) is 10.9. The van der Waals surface area contributed by atoms with Crippen LogP contribution in [0.1, 0.15) is 21.5 Å². The topological polar surface area (TPSA) is 117 Å². The molecule has 35 heavy (non-hydrogen) atoms. The number of fused-ring (bicyclic) bond motifs is 1. The van der Waals surface area contributed by atoms with Crippen LogP contribution < -0.4 is 20.2 Å². The Kier molecular flexibility index (Phi) is 6.88. The van der Waals surface area contributed by atoms with Gasteiger partial charge in [-0.3, -0.25) is 14.3 Å². The maximum atomic E-state index is 13.1. The number of carbonyl (C=O) groups is 1. The van der Waals surface area contributed by atoms with E-state index in [0.717, 1.165) is 11.1 Å². The van der Waals surface area contributed by atoms with E-state index >= 15 is 0 Å². The number of aromatic amines is 1. The molecule has 1 heterocycles. The second kappa shape index (κ2) is 10.0. The summed E-state index contributed by atoms with van der Waals surface area (Å²) in [4.78, 5) is 28.5. The van der Waals surface area contributed by atoms with Gasteiger partial charge < -0.3 is 15.0 Å². The molecule has 0 unspecified atom stereocenters. The van der Waals surface area contributed by atoms with Gasteiger partial charge in [-0.05, 0) is 49.2 Å². The van der Waals surface area contributed by atoms with E-state index in [4.69, 9.17) is 4.74 Å². The Morgan fingerprint density at radius 2 is 1.83 bits per heavy atom. The number of H-pyrrole nitrogens is 1. The van der Waals surface area contributed by atoms with Gasteiger partial charge in [0.05, 0.1) is 17.7 Å². The molecule has 8 nitrogen and oxygen atoms in total. The molecule has 0 fully saturated rings. The zero-order valence-electron chi connectivity index (χ0n) is 19.3. The SMILES string of the molecule is COc1cccc(NS(=O)(=O)c2ccc3[nH]cc(C(=O)NCCc4cccc(C)c4)c(=O)c3c2)c1. The Morgan fingerprint density at radius 1 is 1.03 bits per heavy atom. The van der Waals surface area contributed by atoms with E-state index in [1.54, 1.807) is 24.3 Å². The van der Waals surface area contributed by atoms with E-state index in [1.807, 2.05) is 31.2 Å². The molecule has 0 atom stereocenters. The lowest BCUT2D eigenvalue weighted by Gasteiger charge is -2.10. The molecular formula is C26H25N3O5S. The fraction of sp³-hybridized carbons (Fsp3) is 0.154. The van der Waals surface area contributed by atoms with Gasteiger partial charge in [0.1, 0.15) is 11.3 Å². The van der Waals surface area contributed by atoms with Gasteiger partial charge in [-0.25, -0.2) is 8.42 Å². The molecule has 4 aromatic rings. The van der Waals surface area contributed by atoms with Crippen LogP contribution in [0.5, 0.6) is 5.75 Å². The predicted octanol–water partition coefficient (Wildman–Crippen LogP) is 3.62. The number of methoxy groups -OCH3 is 1. The highest BCUT2D eigenvalue weighted by atomic mass is 32.2. The molecule has 4 rings (SSSR count). The predicted molar refractivity (Wildman–Crippen MR) is 136 cm³/mol. The second-order valence-electron chi connectivity index (χ2n) is 8.07. The average Bonchev–Trinajstić information content (AvgIpc) is 2.84. The first-order valence-corrected chi connectivity index (χ1v) is 12.4. The van der Waals surface area contributed by atoms with Crippen molar-refractivity contribution in [3.05, 3.63) is 99.8 Å². The number of nitrogens with one attached hydrogen (secondary N) is 3. The summed E-state index contributed by atoms with van der Waals surface area (Å²) in [6, 6.07) is 18.6. The fourth-order valence-corrected chi connectivity index (χ4v) is 4.79. The Bertz CT molecular complexity index is 1560. The van der Waals surface area contributed by atoms with Crippen molar-refractivity contribution in [2.24, 2.45) is 0 Å². The molecule has 180 valence electrons. The van der Waals surface area contributed by atoms with Gasteiger partial charge in [0.2, 0.25) is 5.43 Å². The highest BCUT2D eigenvalue weighted by Gasteiger charge is 2.18. The van der Waals surface area contributed by atoms with Crippen LogP contribution in [0.4, 0.5) is 5.69 Å². The number of hydrogen-bond acceptors (Lipinski definition) is 5. The van der Waals surface area contributed by atoms with E-state index < -0.39 is 21.4 Å². The van der Waals surface area contributed by atoms with Gasteiger partial charge in [-0.1, -0.05) is 35.9 Å². The third-order valence-electron chi connectivity index (χ3n) is 5.51. The van der Waals surface area contributed by atoms with Crippen molar-refractivity contribution in [3.63, 3.8) is 0 Å². The number of aryl methyl sites for hydroxylation is 1. The number of pyridine rings is 1. The standard InChI is InChI=1S/C26H25N3O5S/c1-17-5-3-6-18(13-17)11-12-27-26(31)23-16-28-24-10-9-21(15-22(24)25(23)30)35(32,33)29-19-7-4-8-20(14-19)34-2/h3-10,13-16,29H,11-12H2,1-2H3,(H,27,31)(H,28,30). The number of rotatable bonds is 8. The number of carbonyl (C=O) groups excluding carboxylic acids is 1. The summed E-state index contributed by atoms with van der Waals surface area (Å²) in [5.74, 6) is -0.0261. The van der Waals surface area contributed by atoms with Crippen molar-refractivity contribution in [1.82, 2.24) is 10.3 Å². The molecular weight excluding hydrogens is 466 g/mol. The first-order chi connectivity index (χ1) is 16.8. The van der Waals surface area contributed by atoms with Crippen molar-refractivity contribution in [3.8, 4) is 5.75 Å². The maximum absolute atomic E-state index is 13.1. The molecule has 0 saturated heterocycles. The maximum Gasteiger partial charge on any atom is 0.261 e. The minimum absolute atomic E-state index is 0.0861. The Morgan fingerprint density at radius 3 is 2.60 bits per heavy atom. The fourth-order valence-electron chi connectivity index (χ4n) is 3.72. The summed E-state index contributed by atoms with van der Waals surface area (Å²) in [5, 5.41) is 2.86. The summed E-state index contributed by atoms with van der Waals surface area (Å²) in [5.41, 5.74) is 2.32. The minimum atomic E-state index is -3.99. The molecule has 3 aromatic carbocycles. The van der Waals surface area contributed by atoms with Crippen molar-refractivity contribution < 1.29 is 17.9 Å². The van der Waals surface area contributed by atoms with E-state index in [0.29, 0.717) is 29.9 Å². The Labute approximate surface area is 203 Å². The van der Waals surface area contributed by atoms with E-state index in [9.17, 15) is 18.0 Å². The van der Waals surface area contributed by atoms with Crippen LogP contribution in [-0.2, 0) is 16.4 Å². The van der Waals surface area contributed by atoms with Gasteiger partial charge in [0.15, 0.2) is 0 Å². The third kappa shape index (κ3) is 5.52. The number of amides is 1. The zero-order valence-corrected chi connectivity index (χ0v) is 20.1. The first kappa shape index (κ1) is 24.0. The average molecular weight is 492 g/mol. The van der Waals surface area contributed by atoms with Gasteiger partial charge in [-0.2, -0.15) is 0 Å². The Balaban J connectivity index is 1.56. The van der Waals surface area contributed by atoms with Crippen molar-refractivity contribution in [2.75, 3.05) is 18.4 Å². The van der Waals surface area contributed by atoms with Crippen molar-refractivity contribution >= 4 is 32.5 Å². The summed E-state index contributed by atoms with van der Waals surface area (Å²) >= 11 is 0. The third-order valence-corrected chi connectivity index (χ3v) is 6.89. The van der Waals surface area contributed by atoms with Gasteiger partial charge in [0, 0.05) is 29.7 Å². The number of ether oxygens (including phenoxy) is 1. The number of hydrogen-bond donors (Lipinski definition) is 3. The smallest absolute Gasteiger partial charge is 0.261 e. The minimum Gasteiger partial charge on any atom is -0.497 e. The quantitative estimate of drug-likeness (QED) is 0.348. The van der Waals surface area contributed by atoms with E-state index in [-0.39, 0.29) is 15.8 Å². The lowest BCUT2D eigenvalue weighted by Crippen LogP contribution is -2.30. The summed E-state index contributed by atoms with van der Waals surface area (Å²) in [6.07, 6.45) is 1.96. The van der Waals surface area contributed by atoms with Crippen molar-refractivity contribution in [2.45, 2.75) is 18.2 Å². The second-order valence-corrected chi connectivity index (χ2v) is 9.75. The summed E-state index contributed by atoms with van der Waals surface area (Å²) < 4.78 is 33.5. The molecule has 3 N–H and O–H groups in total. The number of aromatic nitrogens is 1. The number of sulfonamides is 1. The highest BCUT2D eigenvalue weighted by Crippen LogP contribution is 2.22. The molecule has 9 heteroatoms. The molecule has 0 bridgehead atoms. The normalized spacial score (nSPS) is 11.3. The summed E-state index contributed by atoms with van der Waals surface area (Å²) in [6.45, 7) is 2.36. The van der Waals surface area contributed by atoms with Gasteiger partial charge in [-0.15, -0.1) is 0 Å². The lowest BCUT2D eigenvalue weighted by atomic mass is 10.1. The molecule has 0 saturated carbocycles. The van der Waals surface area contributed by atoms with Crippen LogP contribution in [0.25, 0.3) is 10.9 Å². The summed E-state index contributed by atoms with van der Waals surface area (Å²) in [7, 11) is -2.50. The van der Waals surface area contributed by atoms with Crippen LogP contribution in [0.3, 0.4) is 0 Å². The monoisotopic (exact) mass is 491 g/mol. The Hall–Kier alpha value is -4.11. The van der Waals surface area contributed by atoms with Crippen LogP contribution >= 0.6 is 0 Å². The van der Waals surface area contributed by atoms with Crippen LogP contribution in [-0.4, -0.2) is 33.0 Å². The molecule has 0 aliphatic heterocycles. The molecule has 0 radical (unpaired) electrons. The molecule has 1 aromatic heterocycles. The van der Waals surface area contributed by atoms with Gasteiger partial charge >= 0.3 is 0 Å². The molecule has 1 amide bonds. The van der Waals surface area contributed by atoms with Crippen LogP contribution in [0.15, 0.2) is 82.6 Å². The molecule has 0 spiro atoms. The van der Waals surface area contributed by atoms with E-state index in [1.165, 1.54) is 31.5 Å². The number of anilines is 1. The highest BCUT2D eigenvalue weighted by molar-refractivity contribution is 7.92. The van der Waals surface area contributed by atoms with Crippen molar-refractivity contribution in [1.29, 1.82) is 0 Å². The largest absolute Gasteiger partial charge is 0.497 e.